The van der Waals surface area contributed by atoms with Crippen LogP contribution in [0.15, 0.2) is 52.4 Å². The zero-order valence-electron chi connectivity index (χ0n) is 23.2. The summed E-state index contributed by atoms with van der Waals surface area (Å²) in [6.07, 6.45) is 2.21. The van der Waals surface area contributed by atoms with Gasteiger partial charge in [0.2, 0.25) is 0 Å². The van der Waals surface area contributed by atoms with Crippen LogP contribution < -0.4 is 10.6 Å². The second kappa shape index (κ2) is 13.2. The van der Waals surface area contributed by atoms with Gasteiger partial charge in [-0.2, -0.15) is 0 Å². The molecule has 1 heterocycles. The smallest absolute Gasteiger partial charge is 0.336 e. The van der Waals surface area contributed by atoms with Gasteiger partial charge in [0.15, 0.2) is 0 Å². The molecule has 0 bridgehead atoms. The minimum absolute atomic E-state index is 0.180. The van der Waals surface area contributed by atoms with Gasteiger partial charge in [0, 0.05) is 23.5 Å². The fourth-order valence-corrected chi connectivity index (χ4v) is 4.19. The molecule has 0 aromatic heterocycles. The van der Waals surface area contributed by atoms with Gasteiger partial charge in [0.05, 0.1) is 30.3 Å². The Kier molecular flexibility index (Phi) is 10.7. The van der Waals surface area contributed by atoms with Crippen LogP contribution >= 0.6 is 0 Å². The monoisotopic (exact) mass is 512 g/mol. The number of esters is 3. The first kappa shape index (κ1) is 29.8. The largest absolute Gasteiger partial charge is 0.463 e. The molecule has 0 spiro atoms. The lowest BCUT2D eigenvalue weighted by molar-refractivity contribution is -0.150. The van der Waals surface area contributed by atoms with Crippen LogP contribution in [-0.4, -0.2) is 50.3 Å². The topological polar surface area (TPSA) is 103 Å². The highest BCUT2D eigenvalue weighted by atomic mass is 16.6. The molecule has 8 nitrogen and oxygen atoms in total. The summed E-state index contributed by atoms with van der Waals surface area (Å²) in [5, 5.41) is 6.30. The summed E-state index contributed by atoms with van der Waals surface area (Å²) in [6.45, 7) is 13.3. The molecular weight excluding hydrogens is 472 g/mol. The van der Waals surface area contributed by atoms with E-state index in [9.17, 15) is 14.4 Å². The van der Waals surface area contributed by atoms with Gasteiger partial charge in [0.25, 0.3) is 0 Å². The molecule has 0 saturated heterocycles. The van der Waals surface area contributed by atoms with Gasteiger partial charge in [-0.15, -0.1) is 0 Å². The molecule has 0 radical (unpaired) electrons. The number of rotatable bonds is 10. The highest BCUT2D eigenvalue weighted by Crippen LogP contribution is 2.41. The number of dihydropyridines is 1. The summed E-state index contributed by atoms with van der Waals surface area (Å²) < 4.78 is 16.4. The summed E-state index contributed by atoms with van der Waals surface area (Å²) in [7, 11) is 1.78. The Morgan fingerprint density at radius 2 is 1.59 bits per heavy atom. The lowest BCUT2D eigenvalue weighted by atomic mass is 9.78. The van der Waals surface area contributed by atoms with Crippen molar-refractivity contribution in [3.8, 4) is 0 Å². The molecule has 1 aliphatic rings. The third-order valence-electron chi connectivity index (χ3n) is 5.67. The van der Waals surface area contributed by atoms with Crippen molar-refractivity contribution < 1.29 is 28.6 Å². The molecule has 8 heteroatoms. The van der Waals surface area contributed by atoms with E-state index >= 15 is 0 Å². The standard InChI is InChI=1S/C29H40N2O6/c1-9-19(26(32)37-29(5,6)7)16-20-14-12-13-15-21(20)24-23(27(33)35-10-2)18(4)31-22(17-30-8)25(24)28(34)36-11-3/h12-16,24,30-31H,9-11,17H2,1-8H3/b19-16+. The Hall–Kier alpha value is -3.39. The number of likely N-dealkylation sites (N-methyl/N-ethyl adjacent to an activating group) is 1. The lowest BCUT2D eigenvalue weighted by Gasteiger charge is -2.32. The number of nitrogens with one attached hydrogen (secondary N) is 2. The van der Waals surface area contributed by atoms with E-state index in [1.54, 1.807) is 33.9 Å². The van der Waals surface area contributed by atoms with Crippen molar-refractivity contribution in [3.05, 3.63) is 63.5 Å². The second-order valence-electron chi connectivity index (χ2n) is 9.61. The minimum atomic E-state index is -0.771. The summed E-state index contributed by atoms with van der Waals surface area (Å²) >= 11 is 0. The van der Waals surface area contributed by atoms with E-state index in [4.69, 9.17) is 14.2 Å². The fourth-order valence-electron chi connectivity index (χ4n) is 4.19. The molecule has 0 saturated carbocycles. The van der Waals surface area contributed by atoms with Crippen LogP contribution in [0.4, 0.5) is 0 Å². The van der Waals surface area contributed by atoms with E-state index in [-0.39, 0.29) is 13.2 Å². The molecule has 2 rings (SSSR count). The van der Waals surface area contributed by atoms with Gasteiger partial charge < -0.3 is 24.8 Å². The van der Waals surface area contributed by atoms with Crippen LogP contribution in [0.5, 0.6) is 0 Å². The number of ether oxygens (including phenoxy) is 3. The molecule has 1 unspecified atom stereocenters. The van der Waals surface area contributed by atoms with Crippen LogP contribution in [0.3, 0.4) is 0 Å². The minimum Gasteiger partial charge on any atom is -0.463 e. The van der Waals surface area contributed by atoms with Crippen molar-refractivity contribution in [1.29, 1.82) is 0 Å². The Bertz CT molecular complexity index is 1110. The number of carbonyl (C=O) groups is 3. The molecule has 1 aromatic rings. The highest BCUT2D eigenvalue weighted by Gasteiger charge is 2.39. The number of hydrogen-bond acceptors (Lipinski definition) is 8. The fraction of sp³-hybridized carbons (Fsp3) is 0.483. The lowest BCUT2D eigenvalue weighted by Crippen LogP contribution is -2.36. The third kappa shape index (κ3) is 7.55. The zero-order valence-corrected chi connectivity index (χ0v) is 23.2. The van der Waals surface area contributed by atoms with E-state index < -0.39 is 29.4 Å². The normalized spacial score (nSPS) is 16.3. The van der Waals surface area contributed by atoms with Crippen molar-refractivity contribution in [3.63, 3.8) is 0 Å². The number of benzene rings is 1. The Balaban J connectivity index is 2.82. The average Bonchev–Trinajstić information content (AvgIpc) is 2.81. The SMILES string of the molecule is CCOC(=O)C1=C(C)NC(CNC)=C(C(=O)OCC)C1c1ccccc1/C=C(\CC)C(=O)OC(C)(C)C. The maximum Gasteiger partial charge on any atom is 0.336 e. The summed E-state index contributed by atoms with van der Waals surface area (Å²) in [5.41, 5.74) is 3.05. The number of hydrogen-bond donors (Lipinski definition) is 2. The van der Waals surface area contributed by atoms with E-state index in [1.165, 1.54) is 0 Å². The van der Waals surface area contributed by atoms with Crippen LogP contribution in [-0.2, 0) is 28.6 Å². The number of carbonyl (C=O) groups excluding carboxylic acids is 3. The zero-order chi connectivity index (χ0) is 27.8. The van der Waals surface area contributed by atoms with Gasteiger partial charge in [-0.25, -0.2) is 14.4 Å². The third-order valence-corrected chi connectivity index (χ3v) is 5.67. The molecule has 1 aliphatic heterocycles. The highest BCUT2D eigenvalue weighted by molar-refractivity contribution is 6.01. The molecule has 0 amide bonds. The first-order valence-corrected chi connectivity index (χ1v) is 12.7. The molecule has 2 N–H and O–H groups in total. The molecule has 202 valence electrons. The van der Waals surface area contributed by atoms with E-state index in [0.717, 1.165) is 0 Å². The van der Waals surface area contributed by atoms with Gasteiger partial charge in [-0.05, 0) is 72.2 Å². The maximum absolute atomic E-state index is 13.3. The average molecular weight is 513 g/mol. The second-order valence-corrected chi connectivity index (χ2v) is 9.61. The quantitative estimate of drug-likeness (QED) is 0.270. The van der Waals surface area contributed by atoms with Crippen molar-refractivity contribution in [2.75, 3.05) is 26.8 Å². The molecule has 0 fully saturated rings. The van der Waals surface area contributed by atoms with Gasteiger partial charge >= 0.3 is 17.9 Å². The summed E-state index contributed by atoms with van der Waals surface area (Å²) in [4.78, 5) is 39.5. The van der Waals surface area contributed by atoms with Crippen molar-refractivity contribution in [2.45, 2.75) is 66.4 Å². The predicted octanol–water partition coefficient (Wildman–Crippen LogP) is 4.38. The van der Waals surface area contributed by atoms with Gasteiger partial charge in [-0.1, -0.05) is 31.2 Å². The predicted molar refractivity (Wildman–Crippen MR) is 143 cm³/mol. The number of allylic oxidation sites excluding steroid dienone is 1. The van der Waals surface area contributed by atoms with Gasteiger partial charge in [0.1, 0.15) is 5.60 Å². The Morgan fingerprint density at radius 1 is 1.00 bits per heavy atom. The van der Waals surface area contributed by atoms with Crippen molar-refractivity contribution >= 4 is 24.0 Å². The van der Waals surface area contributed by atoms with Crippen molar-refractivity contribution in [2.24, 2.45) is 0 Å². The van der Waals surface area contributed by atoms with Crippen molar-refractivity contribution in [1.82, 2.24) is 10.6 Å². The summed E-state index contributed by atoms with van der Waals surface area (Å²) in [6, 6.07) is 7.40. The van der Waals surface area contributed by atoms with E-state index in [0.29, 0.717) is 52.2 Å². The Morgan fingerprint density at radius 3 is 2.14 bits per heavy atom. The van der Waals surface area contributed by atoms with Gasteiger partial charge in [-0.3, -0.25) is 0 Å². The van der Waals surface area contributed by atoms with Crippen LogP contribution in [0.25, 0.3) is 6.08 Å². The molecular formula is C29H40N2O6. The molecule has 37 heavy (non-hydrogen) atoms. The molecule has 1 atom stereocenters. The first-order valence-electron chi connectivity index (χ1n) is 12.7. The van der Waals surface area contributed by atoms with Crippen LogP contribution in [0.2, 0.25) is 0 Å². The Labute approximate surface area is 220 Å². The van der Waals surface area contributed by atoms with Crippen LogP contribution in [0, 0.1) is 0 Å². The van der Waals surface area contributed by atoms with Crippen LogP contribution in [0.1, 0.15) is 71.9 Å². The maximum atomic E-state index is 13.3. The summed E-state index contributed by atoms with van der Waals surface area (Å²) in [5.74, 6) is -2.23. The molecule has 1 aromatic carbocycles. The first-order chi connectivity index (χ1) is 17.5. The molecule has 0 aliphatic carbocycles. The van der Waals surface area contributed by atoms with E-state index in [1.807, 2.05) is 52.0 Å². The van der Waals surface area contributed by atoms with E-state index in [2.05, 4.69) is 10.6 Å².